The Kier molecular flexibility index (Phi) is 7.95. The first kappa shape index (κ1) is 16.9. The van der Waals surface area contributed by atoms with Crippen LogP contribution < -0.4 is 4.74 Å². The fourth-order valence-electron chi connectivity index (χ4n) is 1.55. The van der Waals surface area contributed by atoms with Crippen molar-refractivity contribution >= 4 is 10.9 Å². The molecule has 0 aliphatic rings. The van der Waals surface area contributed by atoms with E-state index in [2.05, 4.69) is 11.1 Å². The predicted octanol–water partition coefficient (Wildman–Crippen LogP) is 4.48. The van der Waals surface area contributed by atoms with Crippen LogP contribution in [-0.4, -0.2) is 12.1 Å². The van der Waals surface area contributed by atoms with Crippen molar-refractivity contribution in [1.29, 1.82) is 5.26 Å². The van der Waals surface area contributed by atoms with Crippen LogP contribution in [0.25, 0.3) is 10.9 Å². The van der Waals surface area contributed by atoms with Crippen LogP contribution >= 0.6 is 0 Å². The van der Waals surface area contributed by atoms with E-state index in [1.54, 1.807) is 13.3 Å². The monoisotopic (exact) mass is 258 g/mol. The molecule has 0 amide bonds. The molecule has 0 aliphatic carbocycles. The van der Waals surface area contributed by atoms with Gasteiger partial charge in [0, 0.05) is 17.6 Å². The molecule has 0 saturated heterocycles. The van der Waals surface area contributed by atoms with Crippen LogP contribution in [0.1, 0.15) is 38.8 Å². The topological polar surface area (TPSA) is 45.9 Å². The second-order valence-corrected chi connectivity index (χ2v) is 3.29. The number of hydrogen-bond donors (Lipinski definition) is 0. The van der Waals surface area contributed by atoms with E-state index in [0.29, 0.717) is 5.56 Å². The van der Waals surface area contributed by atoms with Crippen LogP contribution in [-0.2, 0) is 0 Å². The van der Waals surface area contributed by atoms with Crippen LogP contribution in [0.5, 0.6) is 5.75 Å². The molecule has 3 nitrogen and oxygen atoms in total. The van der Waals surface area contributed by atoms with E-state index >= 15 is 0 Å². The second kappa shape index (κ2) is 8.93. The number of methoxy groups -OCH3 is 1. The molecule has 1 aromatic carbocycles. The quantitative estimate of drug-likeness (QED) is 0.757. The van der Waals surface area contributed by atoms with E-state index in [-0.39, 0.29) is 0 Å². The van der Waals surface area contributed by atoms with Crippen LogP contribution in [0.4, 0.5) is 0 Å². The Bertz CT molecular complexity index is 556. The maximum absolute atomic E-state index is 8.86. The van der Waals surface area contributed by atoms with E-state index in [9.17, 15) is 0 Å². The van der Waals surface area contributed by atoms with Gasteiger partial charge in [-0.05, 0) is 24.6 Å². The molecule has 2 rings (SSSR count). The molecule has 0 fully saturated rings. The first-order valence-electron chi connectivity index (χ1n) is 6.59. The Balaban J connectivity index is 0.000000741. The Labute approximate surface area is 115 Å². The van der Waals surface area contributed by atoms with Crippen LogP contribution in [0, 0.1) is 18.3 Å². The third-order valence-corrected chi connectivity index (χ3v) is 2.47. The molecule has 0 N–H and O–H groups in total. The van der Waals surface area contributed by atoms with Crippen LogP contribution in [0.15, 0.2) is 24.4 Å². The average Bonchev–Trinajstić information content (AvgIpc) is 2.51. The van der Waals surface area contributed by atoms with Gasteiger partial charge >= 0.3 is 0 Å². The lowest BCUT2D eigenvalue weighted by Gasteiger charge is -2.05. The molecule has 2 aromatic rings. The van der Waals surface area contributed by atoms with Gasteiger partial charge in [-0.2, -0.15) is 5.26 Å². The first-order chi connectivity index (χ1) is 9.26. The molecule has 102 valence electrons. The van der Waals surface area contributed by atoms with Crippen molar-refractivity contribution in [2.75, 3.05) is 7.11 Å². The summed E-state index contributed by atoms with van der Waals surface area (Å²) in [4.78, 5) is 4.22. The minimum Gasteiger partial charge on any atom is -0.497 e. The van der Waals surface area contributed by atoms with Crippen molar-refractivity contribution in [2.24, 2.45) is 0 Å². The van der Waals surface area contributed by atoms with Gasteiger partial charge < -0.3 is 4.74 Å². The summed E-state index contributed by atoms with van der Waals surface area (Å²) in [5, 5.41) is 9.86. The minimum absolute atomic E-state index is 0.618. The summed E-state index contributed by atoms with van der Waals surface area (Å²) in [6.45, 7) is 9.93. The zero-order chi connectivity index (χ0) is 14.8. The van der Waals surface area contributed by atoms with Crippen molar-refractivity contribution in [3.63, 3.8) is 0 Å². The van der Waals surface area contributed by atoms with Crippen LogP contribution in [0.3, 0.4) is 0 Å². The minimum atomic E-state index is 0.618. The van der Waals surface area contributed by atoms with E-state index in [4.69, 9.17) is 10.00 Å². The highest BCUT2D eigenvalue weighted by molar-refractivity contribution is 5.84. The fourth-order valence-corrected chi connectivity index (χ4v) is 1.55. The van der Waals surface area contributed by atoms with Gasteiger partial charge in [0.25, 0.3) is 0 Å². The molecule has 0 radical (unpaired) electrons. The van der Waals surface area contributed by atoms with Gasteiger partial charge in [-0.3, -0.25) is 4.98 Å². The number of hydrogen-bond acceptors (Lipinski definition) is 3. The average molecular weight is 258 g/mol. The summed E-state index contributed by atoms with van der Waals surface area (Å²) in [6, 6.07) is 7.79. The molecule has 0 aliphatic heterocycles. The summed E-state index contributed by atoms with van der Waals surface area (Å²) >= 11 is 0. The van der Waals surface area contributed by atoms with Gasteiger partial charge in [0.2, 0.25) is 0 Å². The zero-order valence-corrected chi connectivity index (χ0v) is 12.6. The zero-order valence-electron chi connectivity index (χ0n) is 12.6. The number of nitrogens with zero attached hydrogens (tertiary/aromatic N) is 2. The number of nitriles is 1. The van der Waals surface area contributed by atoms with E-state index in [1.807, 2.05) is 52.8 Å². The fraction of sp³-hybridized carbons (Fsp3) is 0.375. The Morgan fingerprint density at radius 1 is 1.16 bits per heavy atom. The number of fused-ring (bicyclic) bond motifs is 1. The van der Waals surface area contributed by atoms with Crippen molar-refractivity contribution in [2.45, 2.75) is 34.6 Å². The number of ether oxygens (including phenoxy) is 1. The Morgan fingerprint density at radius 2 is 1.79 bits per heavy atom. The van der Waals surface area contributed by atoms with Crippen molar-refractivity contribution in [1.82, 2.24) is 4.98 Å². The standard InChI is InChI=1S/C12H10N2O.2C2H6/c1-8-9(6-13)7-14-12-5-10(15-2)3-4-11(8)12;2*1-2/h3-5,7H,1-2H3;2*1-2H3. The van der Waals surface area contributed by atoms with E-state index in [0.717, 1.165) is 22.2 Å². The smallest absolute Gasteiger partial charge is 0.121 e. The number of pyridine rings is 1. The molecule has 0 bridgehead atoms. The number of benzene rings is 1. The number of rotatable bonds is 1. The van der Waals surface area contributed by atoms with Crippen molar-refractivity contribution in [3.05, 3.63) is 35.5 Å². The van der Waals surface area contributed by atoms with Gasteiger partial charge in [-0.25, -0.2) is 0 Å². The second-order valence-electron chi connectivity index (χ2n) is 3.29. The molecule has 1 heterocycles. The highest BCUT2D eigenvalue weighted by atomic mass is 16.5. The Morgan fingerprint density at radius 3 is 2.32 bits per heavy atom. The maximum atomic E-state index is 8.86. The lowest BCUT2D eigenvalue weighted by Crippen LogP contribution is -1.90. The van der Waals surface area contributed by atoms with E-state index in [1.165, 1.54) is 0 Å². The summed E-state index contributed by atoms with van der Waals surface area (Å²) in [7, 11) is 1.62. The molecule has 0 saturated carbocycles. The lowest BCUT2D eigenvalue weighted by atomic mass is 10.1. The SMILES string of the molecule is CC.CC.COc1ccc2c(C)c(C#N)cnc2c1. The van der Waals surface area contributed by atoms with Crippen molar-refractivity contribution < 1.29 is 4.74 Å². The van der Waals surface area contributed by atoms with Gasteiger partial charge in [-0.1, -0.05) is 27.7 Å². The van der Waals surface area contributed by atoms with Gasteiger partial charge in [0.1, 0.15) is 11.8 Å². The molecule has 19 heavy (non-hydrogen) atoms. The highest BCUT2D eigenvalue weighted by Gasteiger charge is 2.04. The van der Waals surface area contributed by atoms with Gasteiger partial charge in [0.15, 0.2) is 0 Å². The summed E-state index contributed by atoms with van der Waals surface area (Å²) in [5.41, 5.74) is 2.43. The predicted molar refractivity (Wildman–Crippen MR) is 80.4 cm³/mol. The van der Waals surface area contributed by atoms with Crippen molar-refractivity contribution in [3.8, 4) is 11.8 Å². The molecule has 0 atom stereocenters. The molecule has 3 heteroatoms. The number of aromatic nitrogens is 1. The molecule has 1 aromatic heterocycles. The summed E-state index contributed by atoms with van der Waals surface area (Å²) in [6.07, 6.45) is 1.59. The normalized spacial score (nSPS) is 8.47. The summed E-state index contributed by atoms with van der Waals surface area (Å²) in [5.74, 6) is 0.777. The first-order valence-corrected chi connectivity index (χ1v) is 6.59. The molecule has 0 spiro atoms. The van der Waals surface area contributed by atoms with Gasteiger partial charge in [-0.15, -0.1) is 0 Å². The van der Waals surface area contributed by atoms with Crippen LogP contribution in [0.2, 0.25) is 0 Å². The molecular formula is C16H22N2O. The van der Waals surface area contributed by atoms with E-state index < -0.39 is 0 Å². The Hall–Kier alpha value is -2.08. The third-order valence-electron chi connectivity index (χ3n) is 2.47. The largest absolute Gasteiger partial charge is 0.497 e. The van der Waals surface area contributed by atoms with Gasteiger partial charge in [0.05, 0.1) is 18.2 Å². The molecule has 0 unspecified atom stereocenters. The summed E-state index contributed by atoms with van der Waals surface area (Å²) < 4.78 is 5.11. The maximum Gasteiger partial charge on any atom is 0.121 e. The number of aryl methyl sites for hydroxylation is 1. The lowest BCUT2D eigenvalue weighted by molar-refractivity contribution is 0.415. The molecular weight excluding hydrogens is 236 g/mol. The third kappa shape index (κ3) is 3.96. The highest BCUT2D eigenvalue weighted by Crippen LogP contribution is 2.23.